The molecule has 2 aliphatic heterocycles. The van der Waals surface area contributed by atoms with Gasteiger partial charge < -0.3 is 29.3 Å². The molecule has 2 aromatic rings. The summed E-state index contributed by atoms with van der Waals surface area (Å²) in [5.41, 5.74) is 0.860. The van der Waals surface area contributed by atoms with Gasteiger partial charge in [-0.15, -0.1) is 13.2 Å². The van der Waals surface area contributed by atoms with Crippen LogP contribution in [0.3, 0.4) is 0 Å². The molecule has 0 bridgehead atoms. The minimum Gasteiger partial charge on any atom is -0.406 e. The number of hydrogen-bond donors (Lipinski definition) is 1. The van der Waals surface area contributed by atoms with Crippen LogP contribution in [0.15, 0.2) is 54.6 Å². The van der Waals surface area contributed by atoms with Crippen molar-refractivity contribution in [3.63, 3.8) is 0 Å². The van der Waals surface area contributed by atoms with Gasteiger partial charge in [-0.3, -0.25) is 4.79 Å². The number of alkyl halides is 3. The Morgan fingerprint density at radius 2 is 1.52 bits per heavy atom. The molecule has 176 valence electrons. The smallest absolute Gasteiger partial charge is 0.406 e. The van der Waals surface area contributed by atoms with Crippen LogP contribution in [0, 0.1) is 0 Å². The lowest BCUT2D eigenvalue weighted by Crippen LogP contribution is -2.64. The Bertz CT molecular complexity index is 983. The van der Waals surface area contributed by atoms with Crippen LogP contribution in [-0.4, -0.2) is 73.3 Å². The molecule has 2 fully saturated rings. The molecule has 1 atom stereocenters. The first-order chi connectivity index (χ1) is 15.7. The van der Waals surface area contributed by atoms with E-state index >= 15 is 0 Å². The highest BCUT2D eigenvalue weighted by molar-refractivity contribution is 5.94. The number of anilines is 1. The molecular formula is C22H22F3N3O5. The summed E-state index contributed by atoms with van der Waals surface area (Å²) in [6.45, 7) is 1.25. The average Bonchev–Trinajstić information content (AvgIpc) is 2.79. The molecule has 2 heterocycles. The molecule has 11 heteroatoms. The van der Waals surface area contributed by atoms with Crippen molar-refractivity contribution in [1.82, 2.24) is 9.80 Å². The third-order valence-corrected chi connectivity index (χ3v) is 5.25. The van der Waals surface area contributed by atoms with Gasteiger partial charge in [-0.2, -0.15) is 0 Å². The number of benzene rings is 2. The molecule has 2 aromatic carbocycles. The Morgan fingerprint density at radius 3 is 2.15 bits per heavy atom. The van der Waals surface area contributed by atoms with E-state index in [1.165, 1.54) is 17.0 Å². The number of halogens is 3. The first-order valence-electron chi connectivity index (χ1n) is 10.3. The number of hydrogen-bond acceptors (Lipinski definition) is 5. The van der Waals surface area contributed by atoms with E-state index in [9.17, 15) is 22.8 Å². The largest absolute Gasteiger partial charge is 0.573 e. The van der Waals surface area contributed by atoms with Crippen LogP contribution in [0.2, 0.25) is 0 Å². The van der Waals surface area contributed by atoms with Crippen LogP contribution in [0.25, 0.3) is 0 Å². The molecule has 0 radical (unpaired) electrons. The van der Waals surface area contributed by atoms with Crippen molar-refractivity contribution in [2.45, 2.75) is 12.1 Å². The number of morpholine rings is 2. The van der Waals surface area contributed by atoms with Gasteiger partial charge in [0.15, 0.2) is 0 Å². The van der Waals surface area contributed by atoms with Gasteiger partial charge in [-0.05, 0) is 36.4 Å². The summed E-state index contributed by atoms with van der Waals surface area (Å²) in [4.78, 5) is 28.7. The van der Waals surface area contributed by atoms with Crippen molar-refractivity contribution >= 4 is 17.6 Å². The number of para-hydroxylation sites is 1. The van der Waals surface area contributed by atoms with Gasteiger partial charge in [0.25, 0.3) is 5.91 Å². The van der Waals surface area contributed by atoms with E-state index < -0.39 is 17.9 Å². The summed E-state index contributed by atoms with van der Waals surface area (Å²) in [5, 5.41) is 2.82. The normalized spacial score (nSPS) is 21.1. The fraction of sp³-hybridized carbons (Fsp3) is 0.364. The predicted octanol–water partition coefficient (Wildman–Crippen LogP) is 3.32. The lowest BCUT2D eigenvalue weighted by molar-refractivity contribution is -0.281. The molecule has 1 unspecified atom stereocenters. The minimum absolute atomic E-state index is 0.0712. The number of amides is 3. The fourth-order valence-electron chi connectivity index (χ4n) is 3.75. The summed E-state index contributed by atoms with van der Waals surface area (Å²) in [7, 11) is 0. The molecule has 0 saturated carbocycles. The van der Waals surface area contributed by atoms with Crippen LogP contribution >= 0.6 is 0 Å². The van der Waals surface area contributed by atoms with Gasteiger partial charge in [-0.25, -0.2) is 4.79 Å². The number of nitrogens with one attached hydrogen (secondary N) is 1. The topological polar surface area (TPSA) is 80.3 Å². The van der Waals surface area contributed by atoms with Crippen LogP contribution in [-0.2, 0) is 9.47 Å². The second kappa shape index (κ2) is 9.28. The maximum atomic E-state index is 12.9. The molecule has 8 nitrogen and oxygen atoms in total. The van der Waals surface area contributed by atoms with Gasteiger partial charge in [0.05, 0.1) is 26.3 Å². The van der Waals surface area contributed by atoms with Gasteiger partial charge in [-0.1, -0.05) is 18.2 Å². The van der Waals surface area contributed by atoms with Crippen molar-refractivity contribution in [3.05, 3.63) is 60.2 Å². The maximum absolute atomic E-state index is 12.9. The first-order valence-corrected chi connectivity index (χ1v) is 10.3. The highest BCUT2D eigenvalue weighted by Crippen LogP contribution is 2.27. The highest BCUT2D eigenvalue weighted by Gasteiger charge is 2.44. The maximum Gasteiger partial charge on any atom is 0.573 e. The predicted molar refractivity (Wildman–Crippen MR) is 111 cm³/mol. The van der Waals surface area contributed by atoms with Crippen molar-refractivity contribution in [1.29, 1.82) is 0 Å². The molecule has 1 N–H and O–H groups in total. The van der Waals surface area contributed by atoms with Gasteiger partial charge >= 0.3 is 12.4 Å². The first kappa shape index (κ1) is 22.9. The quantitative estimate of drug-likeness (QED) is 0.753. The number of rotatable bonds is 3. The zero-order valence-electron chi connectivity index (χ0n) is 17.5. The second-order valence-corrected chi connectivity index (χ2v) is 7.62. The second-order valence-electron chi connectivity index (χ2n) is 7.62. The number of carbonyl (C=O) groups is 2. The van der Waals surface area contributed by atoms with Crippen molar-refractivity contribution in [2.75, 3.05) is 44.7 Å². The van der Waals surface area contributed by atoms with Crippen LogP contribution < -0.4 is 10.1 Å². The average molecular weight is 465 g/mol. The van der Waals surface area contributed by atoms with Crippen LogP contribution in [0.5, 0.6) is 5.75 Å². The third-order valence-electron chi connectivity index (χ3n) is 5.25. The lowest BCUT2D eigenvalue weighted by Gasteiger charge is -2.47. The molecular weight excluding hydrogens is 443 g/mol. The van der Waals surface area contributed by atoms with Crippen molar-refractivity contribution < 1.29 is 37.0 Å². The summed E-state index contributed by atoms with van der Waals surface area (Å²) < 4.78 is 52.6. The number of ether oxygens (including phenoxy) is 3. The molecule has 0 aliphatic carbocycles. The minimum atomic E-state index is -4.81. The summed E-state index contributed by atoms with van der Waals surface area (Å²) in [6, 6.07) is 13.4. The molecule has 33 heavy (non-hydrogen) atoms. The zero-order chi connectivity index (χ0) is 23.5. The third kappa shape index (κ3) is 5.74. The SMILES string of the molecule is O=C(Nc1ccccc1)N1CCOC2(C1)CN(C(=O)c1ccc(OC(F)(F)F)cc1)CCO2. The van der Waals surface area contributed by atoms with Crippen molar-refractivity contribution in [3.8, 4) is 5.75 Å². The van der Waals surface area contributed by atoms with E-state index in [1.54, 1.807) is 17.0 Å². The van der Waals surface area contributed by atoms with E-state index in [4.69, 9.17) is 9.47 Å². The number of nitrogens with zero attached hydrogens (tertiary/aromatic N) is 2. The lowest BCUT2D eigenvalue weighted by atomic mass is 10.1. The van der Waals surface area contributed by atoms with Crippen LogP contribution in [0.4, 0.5) is 23.7 Å². The number of carbonyl (C=O) groups excluding carboxylic acids is 2. The zero-order valence-corrected chi connectivity index (χ0v) is 17.5. The Kier molecular flexibility index (Phi) is 6.43. The fourth-order valence-corrected chi connectivity index (χ4v) is 3.75. The molecule has 4 rings (SSSR count). The summed E-state index contributed by atoms with van der Waals surface area (Å²) >= 11 is 0. The highest BCUT2D eigenvalue weighted by atomic mass is 19.4. The van der Waals surface area contributed by atoms with Gasteiger partial charge in [0.2, 0.25) is 5.79 Å². The molecule has 3 amide bonds. The summed E-state index contributed by atoms with van der Waals surface area (Å²) in [6.07, 6.45) is -4.81. The molecule has 2 saturated heterocycles. The standard InChI is InChI=1S/C22H22F3N3O5/c23-22(24,25)33-18-8-6-16(7-9-18)19(29)27-10-12-31-21(14-27)15-28(11-13-32-21)20(30)26-17-4-2-1-3-5-17/h1-9H,10-15H2,(H,26,30). The Hall–Kier alpha value is -3.31. The van der Waals surface area contributed by atoms with E-state index in [1.807, 2.05) is 18.2 Å². The van der Waals surface area contributed by atoms with Crippen LogP contribution in [0.1, 0.15) is 10.4 Å². The summed E-state index contributed by atoms with van der Waals surface area (Å²) in [5.74, 6) is -1.97. The Morgan fingerprint density at radius 1 is 0.909 bits per heavy atom. The van der Waals surface area contributed by atoms with E-state index in [0.717, 1.165) is 12.1 Å². The monoisotopic (exact) mass is 465 g/mol. The molecule has 2 aliphatic rings. The van der Waals surface area contributed by atoms with E-state index in [2.05, 4.69) is 10.1 Å². The van der Waals surface area contributed by atoms with E-state index in [-0.39, 0.29) is 50.3 Å². The number of urea groups is 1. The Balaban J connectivity index is 1.40. The molecule has 1 spiro atoms. The van der Waals surface area contributed by atoms with E-state index in [0.29, 0.717) is 12.2 Å². The Labute approximate surface area is 187 Å². The van der Waals surface area contributed by atoms with Gasteiger partial charge in [0.1, 0.15) is 5.75 Å². The van der Waals surface area contributed by atoms with Gasteiger partial charge in [0, 0.05) is 24.3 Å². The van der Waals surface area contributed by atoms with Crippen molar-refractivity contribution in [2.24, 2.45) is 0 Å². The molecule has 0 aromatic heterocycles.